The molecule has 4 heterocycles. The Kier molecular flexibility index (Phi) is 8.04. The Morgan fingerprint density at radius 3 is 0.806 bits per heavy atom. The number of carbonyl (C=O) groups is 4. The monoisotopic (exact) mass is 512 g/mol. The maximum Gasteiger partial charge on any atom is 0.310 e. The first-order valence-corrected chi connectivity index (χ1v) is 12.6. The summed E-state index contributed by atoms with van der Waals surface area (Å²) in [5, 5.41) is 0. The molecule has 1 aliphatic carbocycles. The molecule has 200 valence electrons. The second kappa shape index (κ2) is 11.4. The highest BCUT2D eigenvalue weighted by Crippen LogP contribution is 2.49. The van der Waals surface area contributed by atoms with Crippen LogP contribution in [0, 0.1) is 23.7 Å². The topological polar surface area (TPSA) is 155 Å². The van der Waals surface area contributed by atoms with Crippen LogP contribution in [0.15, 0.2) is 0 Å². The van der Waals surface area contributed by atoms with Gasteiger partial charge in [-0.1, -0.05) is 0 Å². The summed E-state index contributed by atoms with van der Waals surface area (Å²) < 4.78 is 42.0. The van der Waals surface area contributed by atoms with Crippen molar-refractivity contribution in [3.05, 3.63) is 0 Å². The lowest BCUT2D eigenvalue weighted by Gasteiger charge is -2.45. The molecule has 0 aromatic rings. The summed E-state index contributed by atoms with van der Waals surface area (Å²) >= 11 is 0. The number of carbonyl (C=O) groups excluding carboxylic acids is 4. The van der Waals surface area contributed by atoms with Gasteiger partial charge in [-0.05, 0) is 0 Å². The zero-order chi connectivity index (χ0) is 25.1. The Morgan fingerprint density at radius 1 is 0.444 bits per heavy atom. The van der Waals surface area contributed by atoms with Gasteiger partial charge in [0.15, 0.2) is 0 Å². The molecule has 5 rings (SSSR count). The third kappa shape index (κ3) is 6.93. The molecule has 0 amide bonds. The fraction of sp³-hybridized carbons (Fsp3) is 0.833. The molecular weight excluding hydrogens is 480 g/mol. The minimum Gasteiger partial charge on any atom is -0.465 e. The van der Waals surface area contributed by atoms with E-state index in [1.807, 2.05) is 0 Å². The van der Waals surface area contributed by atoms with E-state index < -0.39 is 47.5 Å². The van der Waals surface area contributed by atoms with E-state index in [2.05, 4.69) is 0 Å². The average Bonchev–Trinajstić information content (AvgIpc) is 3.66. The van der Waals surface area contributed by atoms with Crippen molar-refractivity contribution in [3.63, 3.8) is 0 Å². The highest BCUT2D eigenvalue weighted by molar-refractivity contribution is 5.97. The maximum absolute atomic E-state index is 13.0. The van der Waals surface area contributed by atoms with Crippen LogP contribution in [0.25, 0.3) is 0 Å². The summed E-state index contributed by atoms with van der Waals surface area (Å²) in [7, 11) is 0. The van der Waals surface area contributed by atoms with Crippen molar-refractivity contribution in [2.45, 2.75) is 50.1 Å². The molecule has 4 atom stereocenters. The van der Waals surface area contributed by atoms with Crippen molar-refractivity contribution < 1.29 is 57.1 Å². The van der Waals surface area contributed by atoms with Crippen molar-refractivity contribution in [2.24, 2.45) is 23.7 Å². The second-order valence-electron chi connectivity index (χ2n) is 9.75. The summed E-state index contributed by atoms with van der Waals surface area (Å²) in [6, 6.07) is 0. The molecular formula is C24H32O12. The fourth-order valence-electron chi connectivity index (χ4n) is 4.41. The van der Waals surface area contributed by atoms with Gasteiger partial charge in [0.05, 0.1) is 101 Å². The molecule has 4 unspecified atom stereocenters. The molecule has 4 aliphatic heterocycles. The summed E-state index contributed by atoms with van der Waals surface area (Å²) in [5.74, 6) is -7.80. The van der Waals surface area contributed by atoms with Gasteiger partial charge in [0.1, 0.15) is 0 Å². The van der Waals surface area contributed by atoms with Gasteiger partial charge in [0.2, 0.25) is 0 Å². The van der Waals surface area contributed by atoms with Gasteiger partial charge in [0, 0.05) is 25.7 Å². The number of epoxide rings is 4. The average molecular weight is 513 g/mol. The van der Waals surface area contributed by atoms with E-state index in [-0.39, 0.29) is 50.8 Å². The van der Waals surface area contributed by atoms with Gasteiger partial charge in [-0.15, -0.1) is 0 Å². The van der Waals surface area contributed by atoms with Crippen LogP contribution in [0.3, 0.4) is 0 Å². The van der Waals surface area contributed by atoms with E-state index >= 15 is 0 Å². The lowest BCUT2D eigenvalue weighted by Crippen LogP contribution is -2.61. The zero-order valence-corrected chi connectivity index (χ0v) is 20.0. The van der Waals surface area contributed by atoms with Crippen LogP contribution in [-0.4, -0.2) is 101 Å². The van der Waals surface area contributed by atoms with E-state index in [1.165, 1.54) is 0 Å². The van der Waals surface area contributed by atoms with Gasteiger partial charge in [-0.2, -0.15) is 0 Å². The van der Waals surface area contributed by atoms with E-state index in [1.54, 1.807) is 0 Å². The van der Waals surface area contributed by atoms with Crippen LogP contribution in [0.2, 0.25) is 0 Å². The summed E-state index contributed by atoms with van der Waals surface area (Å²) in [4.78, 5) is 52.1. The normalized spacial score (nSPS) is 35.1. The second-order valence-corrected chi connectivity index (χ2v) is 9.75. The maximum atomic E-state index is 13.0. The third-order valence-electron chi connectivity index (χ3n) is 6.98. The van der Waals surface area contributed by atoms with Gasteiger partial charge in [-0.3, -0.25) is 19.2 Å². The Hall–Kier alpha value is -2.28. The van der Waals surface area contributed by atoms with Gasteiger partial charge in [-0.25, -0.2) is 0 Å². The van der Waals surface area contributed by atoms with Crippen LogP contribution >= 0.6 is 0 Å². The lowest BCUT2D eigenvalue weighted by molar-refractivity contribution is -0.200. The number of hydrogen-bond acceptors (Lipinski definition) is 12. The molecule has 0 spiro atoms. The fourth-order valence-corrected chi connectivity index (χ4v) is 4.41. The first-order valence-electron chi connectivity index (χ1n) is 12.6. The Morgan fingerprint density at radius 2 is 0.639 bits per heavy atom. The molecule has 0 radical (unpaired) electrons. The molecule has 0 N–H and O–H groups in total. The standard InChI is InChI=1S/C24H32O12/c25-21(29-5-1-13-9-33-13)17-18(22(26)30-6-2-14-10-34-14)20(24(28)32-8-4-16-12-36-16)19(17)23(27)31-7-3-15-11-35-15/h13-20H,1-12H2. The molecule has 36 heavy (non-hydrogen) atoms. The van der Waals surface area contributed by atoms with Crippen molar-refractivity contribution >= 4 is 23.9 Å². The lowest BCUT2D eigenvalue weighted by atomic mass is 9.56. The van der Waals surface area contributed by atoms with E-state index in [9.17, 15) is 19.2 Å². The largest absolute Gasteiger partial charge is 0.465 e. The Balaban J connectivity index is 1.25. The van der Waals surface area contributed by atoms with Crippen molar-refractivity contribution in [1.29, 1.82) is 0 Å². The van der Waals surface area contributed by atoms with E-state index in [0.717, 1.165) is 0 Å². The van der Waals surface area contributed by atoms with Crippen LogP contribution < -0.4 is 0 Å². The number of hydrogen-bond donors (Lipinski definition) is 0. The quantitative estimate of drug-likeness (QED) is 0.153. The van der Waals surface area contributed by atoms with Crippen LogP contribution in [0.4, 0.5) is 0 Å². The molecule has 12 heteroatoms. The molecule has 5 aliphatic rings. The zero-order valence-electron chi connectivity index (χ0n) is 20.0. The number of rotatable bonds is 16. The Bertz CT molecular complexity index is 685. The van der Waals surface area contributed by atoms with Crippen LogP contribution in [0.1, 0.15) is 25.7 Å². The Labute approximate surface area is 208 Å². The smallest absolute Gasteiger partial charge is 0.310 e. The molecule has 0 bridgehead atoms. The van der Waals surface area contributed by atoms with Crippen LogP contribution in [-0.2, 0) is 57.1 Å². The highest BCUT2D eigenvalue weighted by atomic mass is 16.6. The number of ether oxygens (including phenoxy) is 8. The first kappa shape index (κ1) is 25.4. The first-order chi connectivity index (χ1) is 17.5. The van der Waals surface area contributed by atoms with Gasteiger partial charge >= 0.3 is 23.9 Å². The van der Waals surface area contributed by atoms with E-state index in [0.29, 0.717) is 52.1 Å². The van der Waals surface area contributed by atoms with Crippen molar-refractivity contribution in [2.75, 3.05) is 52.9 Å². The van der Waals surface area contributed by atoms with E-state index in [4.69, 9.17) is 37.9 Å². The summed E-state index contributed by atoms with van der Waals surface area (Å²) in [6.45, 7) is 2.77. The summed E-state index contributed by atoms with van der Waals surface area (Å²) in [6.07, 6.45) is 2.25. The number of esters is 4. The predicted molar refractivity (Wildman–Crippen MR) is 115 cm³/mol. The molecule has 5 fully saturated rings. The van der Waals surface area contributed by atoms with Gasteiger partial charge < -0.3 is 37.9 Å². The minimum atomic E-state index is -1.20. The molecule has 4 saturated heterocycles. The SMILES string of the molecule is O=C(OCCC1CO1)C1C(C(=O)OCCC2CO2)C(C(=O)OCCC2CO2)C1C(=O)OCCC1CO1. The molecule has 0 aromatic carbocycles. The molecule has 1 saturated carbocycles. The molecule has 0 aromatic heterocycles. The van der Waals surface area contributed by atoms with Crippen LogP contribution in [0.5, 0.6) is 0 Å². The highest BCUT2D eigenvalue weighted by Gasteiger charge is 2.66. The third-order valence-corrected chi connectivity index (χ3v) is 6.98. The van der Waals surface area contributed by atoms with Gasteiger partial charge in [0.25, 0.3) is 0 Å². The molecule has 12 nitrogen and oxygen atoms in total. The van der Waals surface area contributed by atoms with Crippen molar-refractivity contribution in [3.8, 4) is 0 Å². The summed E-state index contributed by atoms with van der Waals surface area (Å²) in [5.41, 5.74) is 0. The van der Waals surface area contributed by atoms with Crippen molar-refractivity contribution in [1.82, 2.24) is 0 Å². The predicted octanol–water partition coefficient (Wildman–Crippen LogP) is -0.207. The minimum absolute atomic E-state index is 0.0492.